The molecule has 1 saturated heterocycles. The third-order valence-electron chi connectivity index (χ3n) is 2.91. The number of rotatable bonds is 2. The van der Waals surface area contributed by atoms with Crippen LogP contribution in [0.3, 0.4) is 0 Å². The predicted octanol–water partition coefficient (Wildman–Crippen LogP) is 0.223. The molecule has 5 heteroatoms. The average Bonchev–Trinajstić information content (AvgIpc) is 2.38. The highest BCUT2D eigenvalue weighted by molar-refractivity contribution is 5.93. The topological polar surface area (TPSA) is 62.7 Å². The lowest BCUT2D eigenvalue weighted by Crippen LogP contribution is -2.50. The Hall–Kier alpha value is -1.46. The fraction of sp³-hybridized carbons (Fsp3) is 0.500. The van der Waals surface area contributed by atoms with E-state index in [-0.39, 0.29) is 18.6 Å². The van der Waals surface area contributed by atoms with Gasteiger partial charge in [0.05, 0.1) is 25.9 Å². The fourth-order valence-electron chi connectivity index (χ4n) is 1.92. The molecule has 1 N–H and O–H groups in total. The Morgan fingerprint density at radius 1 is 1.71 bits per heavy atom. The summed E-state index contributed by atoms with van der Waals surface area (Å²) in [6.07, 6.45) is 1.61. The van der Waals surface area contributed by atoms with Gasteiger partial charge in [0.1, 0.15) is 5.69 Å². The van der Waals surface area contributed by atoms with E-state index in [1.165, 1.54) is 0 Å². The molecule has 1 fully saturated rings. The van der Waals surface area contributed by atoms with Gasteiger partial charge in [0, 0.05) is 12.7 Å². The molecule has 1 amide bonds. The van der Waals surface area contributed by atoms with Gasteiger partial charge in [-0.1, -0.05) is 6.07 Å². The predicted molar refractivity (Wildman–Crippen MR) is 61.7 cm³/mol. The Morgan fingerprint density at radius 2 is 2.53 bits per heavy atom. The quantitative estimate of drug-likeness (QED) is 0.798. The Balaban J connectivity index is 2.21. The molecule has 0 aliphatic carbocycles. The first kappa shape index (κ1) is 12.0. The van der Waals surface area contributed by atoms with Crippen LogP contribution < -0.4 is 0 Å². The molecule has 5 nitrogen and oxygen atoms in total. The van der Waals surface area contributed by atoms with Gasteiger partial charge in [-0.15, -0.1) is 0 Å². The van der Waals surface area contributed by atoms with Crippen molar-refractivity contribution < 1.29 is 14.6 Å². The van der Waals surface area contributed by atoms with Crippen molar-refractivity contribution in [3.8, 4) is 0 Å². The number of aliphatic hydroxyl groups excluding tert-OH is 1. The molecule has 0 bridgehead atoms. The van der Waals surface area contributed by atoms with Crippen molar-refractivity contribution in [3.05, 3.63) is 29.6 Å². The van der Waals surface area contributed by atoms with E-state index in [1.54, 1.807) is 17.2 Å². The van der Waals surface area contributed by atoms with Gasteiger partial charge in [-0.05, 0) is 18.6 Å². The number of hydrogen-bond acceptors (Lipinski definition) is 4. The van der Waals surface area contributed by atoms with Gasteiger partial charge in [0.2, 0.25) is 0 Å². The first-order valence-electron chi connectivity index (χ1n) is 5.65. The van der Waals surface area contributed by atoms with Crippen LogP contribution in [-0.2, 0) is 4.74 Å². The number of hydrogen-bond donors (Lipinski definition) is 1. The molecule has 2 rings (SSSR count). The summed E-state index contributed by atoms with van der Waals surface area (Å²) in [5.74, 6) is -0.134. The van der Waals surface area contributed by atoms with Crippen LogP contribution in [-0.4, -0.2) is 53.3 Å². The molecule has 2 heterocycles. The molecule has 1 aliphatic rings. The lowest BCUT2D eigenvalue weighted by Gasteiger charge is -2.34. The minimum absolute atomic E-state index is 0.0857. The molecule has 1 unspecified atom stereocenters. The maximum atomic E-state index is 12.3. The number of morpholine rings is 1. The van der Waals surface area contributed by atoms with Crippen molar-refractivity contribution in [3.63, 3.8) is 0 Å². The summed E-state index contributed by atoms with van der Waals surface area (Å²) in [6.45, 7) is 3.16. The van der Waals surface area contributed by atoms with Crippen LogP contribution in [0, 0.1) is 6.92 Å². The van der Waals surface area contributed by atoms with Gasteiger partial charge < -0.3 is 14.7 Å². The van der Waals surface area contributed by atoms with E-state index in [4.69, 9.17) is 4.74 Å². The van der Waals surface area contributed by atoms with E-state index in [0.717, 1.165) is 5.56 Å². The molecule has 0 spiro atoms. The van der Waals surface area contributed by atoms with Crippen LogP contribution in [0.5, 0.6) is 0 Å². The average molecular weight is 236 g/mol. The monoisotopic (exact) mass is 236 g/mol. The molecule has 0 saturated carbocycles. The van der Waals surface area contributed by atoms with E-state index in [9.17, 15) is 9.90 Å². The normalized spacial score (nSPS) is 20.4. The largest absolute Gasteiger partial charge is 0.394 e. The Bertz CT molecular complexity index is 408. The number of nitrogens with zero attached hydrogens (tertiary/aromatic N) is 2. The van der Waals surface area contributed by atoms with Crippen molar-refractivity contribution in [1.82, 2.24) is 9.88 Å². The van der Waals surface area contributed by atoms with Gasteiger partial charge in [-0.25, -0.2) is 0 Å². The van der Waals surface area contributed by atoms with Crippen molar-refractivity contribution in [1.29, 1.82) is 0 Å². The first-order valence-corrected chi connectivity index (χ1v) is 5.65. The highest BCUT2D eigenvalue weighted by atomic mass is 16.5. The third kappa shape index (κ3) is 2.45. The summed E-state index contributed by atoms with van der Waals surface area (Å²) in [7, 11) is 0. The van der Waals surface area contributed by atoms with Gasteiger partial charge >= 0.3 is 0 Å². The van der Waals surface area contributed by atoms with E-state index >= 15 is 0 Å². The van der Waals surface area contributed by atoms with E-state index in [1.807, 2.05) is 13.0 Å². The van der Waals surface area contributed by atoms with E-state index < -0.39 is 0 Å². The number of carbonyl (C=O) groups is 1. The van der Waals surface area contributed by atoms with Gasteiger partial charge in [-0.3, -0.25) is 9.78 Å². The second-order valence-electron chi connectivity index (χ2n) is 4.08. The highest BCUT2D eigenvalue weighted by Gasteiger charge is 2.28. The fourth-order valence-corrected chi connectivity index (χ4v) is 1.92. The zero-order chi connectivity index (χ0) is 12.3. The van der Waals surface area contributed by atoms with Crippen molar-refractivity contribution in [2.24, 2.45) is 0 Å². The number of amides is 1. The zero-order valence-electron chi connectivity index (χ0n) is 9.80. The van der Waals surface area contributed by atoms with Gasteiger partial charge in [0.25, 0.3) is 5.91 Å². The molecular formula is C12H16N2O3. The summed E-state index contributed by atoms with van der Waals surface area (Å²) >= 11 is 0. The van der Waals surface area contributed by atoms with Crippen molar-refractivity contribution in [2.45, 2.75) is 13.0 Å². The number of carbonyl (C=O) groups excluding carboxylic acids is 1. The third-order valence-corrected chi connectivity index (χ3v) is 2.91. The van der Waals surface area contributed by atoms with E-state index in [2.05, 4.69) is 4.98 Å². The summed E-state index contributed by atoms with van der Waals surface area (Å²) in [6, 6.07) is 3.39. The van der Waals surface area contributed by atoms with Crippen molar-refractivity contribution >= 4 is 5.91 Å². The molecule has 1 aromatic rings. The highest BCUT2D eigenvalue weighted by Crippen LogP contribution is 2.13. The first-order chi connectivity index (χ1) is 8.24. The Kier molecular flexibility index (Phi) is 3.71. The Morgan fingerprint density at radius 3 is 3.24 bits per heavy atom. The zero-order valence-corrected chi connectivity index (χ0v) is 9.80. The minimum Gasteiger partial charge on any atom is -0.394 e. The molecule has 0 aromatic carbocycles. The summed E-state index contributed by atoms with van der Waals surface area (Å²) in [5.41, 5.74) is 1.30. The lowest BCUT2D eigenvalue weighted by atomic mass is 10.1. The van der Waals surface area contributed by atoms with E-state index in [0.29, 0.717) is 25.5 Å². The van der Waals surface area contributed by atoms with Crippen LogP contribution in [0.15, 0.2) is 18.3 Å². The summed E-state index contributed by atoms with van der Waals surface area (Å²) in [5, 5.41) is 9.23. The number of aryl methyl sites for hydroxylation is 1. The smallest absolute Gasteiger partial charge is 0.273 e. The SMILES string of the molecule is Cc1cccnc1C(=O)N1CCOCC1CO. The van der Waals surface area contributed by atoms with Gasteiger partial charge in [-0.2, -0.15) is 0 Å². The number of ether oxygens (including phenoxy) is 1. The Labute approximate surface area is 100 Å². The maximum Gasteiger partial charge on any atom is 0.273 e. The van der Waals surface area contributed by atoms with Crippen LogP contribution in [0.2, 0.25) is 0 Å². The van der Waals surface area contributed by atoms with Crippen LogP contribution in [0.4, 0.5) is 0 Å². The minimum atomic E-state index is -0.266. The molecule has 0 radical (unpaired) electrons. The summed E-state index contributed by atoms with van der Waals surface area (Å²) in [4.78, 5) is 18.0. The maximum absolute atomic E-state index is 12.3. The molecule has 17 heavy (non-hydrogen) atoms. The second-order valence-corrected chi connectivity index (χ2v) is 4.08. The molecule has 92 valence electrons. The molecule has 1 atom stereocenters. The van der Waals surface area contributed by atoms with Crippen LogP contribution >= 0.6 is 0 Å². The number of aliphatic hydroxyl groups is 1. The van der Waals surface area contributed by atoms with Crippen molar-refractivity contribution in [2.75, 3.05) is 26.4 Å². The number of aromatic nitrogens is 1. The lowest BCUT2D eigenvalue weighted by molar-refractivity contribution is -0.0186. The van der Waals surface area contributed by atoms with Crippen LogP contribution in [0.25, 0.3) is 0 Å². The standard InChI is InChI=1S/C12H16N2O3/c1-9-3-2-4-13-11(9)12(16)14-5-6-17-8-10(14)7-15/h2-4,10,15H,5-8H2,1H3. The number of pyridine rings is 1. The molecular weight excluding hydrogens is 220 g/mol. The molecule has 1 aliphatic heterocycles. The molecule has 1 aromatic heterocycles. The second kappa shape index (κ2) is 5.25. The summed E-state index contributed by atoms with van der Waals surface area (Å²) < 4.78 is 5.25. The van der Waals surface area contributed by atoms with Crippen LogP contribution in [0.1, 0.15) is 16.1 Å². The van der Waals surface area contributed by atoms with Gasteiger partial charge in [0.15, 0.2) is 0 Å².